The number of amides is 2. The number of hydrogen-bond acceptors (Lipinski definition) is 3. The van der Waals surface area contributed by atoms with E-state index in [1.807, 2.05) is 0 Å². The number of rotatable bonds is 5. The summed E-state index contributed by atoms with van der Waals surface area (Å²) < 4.78 is 0. The summed E-state index contributed by atoms with van der Waals surface area (Å²) in [5, 5.41) is 9.50. The Morgan fingerprint density at radius 3 is 2.74 bits per heavy atom. The Morgan fingerprint density at radius 1 is 1.39 bits per heavy atom. The number of anilines is 1. The van der Waals surface area contributed by atoms with Gasteiger partial charge in [-0.2, -0.15) is 0 Å². The number of hydrogen-bond donors (Lipinski definition) is 1. The fourth-order valence-corrected chi connectivity index (χ4v) is 2.87. The molecule has 0 radical (unpaired) electrons. The smallest absolute Gasteiger partial charge is 0.305 e. The van der Waals surface area contributed by atoms with Gasteiger partial charge in [-0.25, -0.2) is 0 Å². The Labute approximate surface area is 143 Å². The highest BCUT2D eigenvalue weighted by Crippen LogP contribution is 2.33. The van der Waals surface area contributed by atoms with Gasteiger partial charge in [0.25, 0.3) is 0 Å². The monoisotopic (exact) mass is 358 g/mol. The van der Waals surface area contributed by atoms with E-state index in [0.29, 0.717) is 28.7 Å². The van der Waals surface area contributed by atoms with Crippen molar-refractivity contribution in [2.24, 2.45) is 5.92 Å². The summed E-state index contributed by atoms with van der Waals surface area (Å²) in [7, 11) is 1.49. The van der Waals surface area contributed by atoms with E-state index in [4.69, 9.17) is 28.3 Å². The van der Waals surface area contributed by atoms with E-state index in [1.54, 1.807) is 18.2 Å². The third kappa shape index (κ3) is 3.95. The molecule has 1 saturated heterocycles. The van der Waals surface area contributed by atoms with Crippen LogP contribution in [-0.2, 0) is 14.4 Å². The molecular formula is C15H16Cl2N2O4. The quantitative estimate of drug-likeness (QED) is 0.819. The van der Waals surface area contributed by atoms with Gasteiger partial charge >= 0.3 is 5.97 Å². The van der Waals surface area contributed by atoms with Gasteiger partial charge in [-0.1, -0.05) is 23.2 Å². The standard InChI is InChI=1S/C15H16Cl2N2O4/c1-18(6-5-13(20)21)14(22)10-4-7-19(15(10)23)12-8-9(16)2-3-11(12)17/h2-3,8,10H,4-7H2,1H3,(H,20,21)/t10-/m1/s1. The largest absolute Gasteiger partial charge is 0.481 e. The number of benzene rings is 1. The van der Waals surface area contributed by atoms with Gasteiger partial charge in [-0.05, 0) is 24.6 Å². The number of carboxylic acid groups (broad SMARTS) is 1. The van der Waals surface area contributed by atoms with Crippen molar-refractivity contribution in [3.63, 3.8) is 0 Å². The average molecular weight is 359 g/mol. The molecule has 1 aliphatic rings. The molecule has 0 spiro atoms. The second-order valence-electron chi connectivity index (χ2n) is 5.33. The number of aliphatic carboxylic acids is 1. The van der Waals surface area contributed by atoms with Gasteiger partial charge in [0, 0.05) is 25.2 Å². The van der Waals surface area contributed by atoms with E-state index < -0.39 is 11.9 Å². The lowest BCUT2D eigenvalue weighted by Gasteiger charge is -2.21. The first kappa shape index (κ1) is 17.6. The van der Waals surface area contributed by atoms with Crippen LogP contribution in [0, 0.1) is 5.92 Å². The number of nitrogens with zero attached hydrogens (tertiary/aromatic N) is 2. The fourth-order valence-electron chi connectivity index (χ4n) is 2.48. The number of carbonyl (C=O) groups excluding carboxylic acids is 2. The molecular weight excluding hydrogens is 343 g/mol. The zero-order valence-electron chi connectivity index (χ0n) is 12.5. The van der Waals surface area contributed by atoms with Gasteiger partial charge in [0.05, 0.1) is 17.1 Å². The van der Waals surface area contributed by atoms with E-state index in [-0.39, 0.29) is 24.8 Å². The highest BCUT2D eigenvalue weighted by atomic mass is 35.5. The van der Waals surface area contributed by atoms with Crippen molar-refractivity contribution in [2.45, 2.75) is 12.8 Å². The first-order valence-corrected chi connectivity index (χ1v) is 7.80. The van der Waals surface area contributed by atoms with E-state index in [9.17, 15) is 14.4 Å². The molecule has 0 saturated carbocycles. The molecule has 1 aliphatic heterocycles. The summed E-state index contributed by atoms with van der Waals surface area (Å²) >= 11 is 12.0. The minimum Gasteiger partial charge on any atom is -0.481 e. The van der Waals surface area contributed by atoms with Gasteiger partial charge in [0.15, 0.2) is 0 Å². The van der Waals surface area contributed by atoms with Crippen LogP contribution in [0.5, 0.6) is 0 Å². The second-order valence-corrected chi connectivity index (χ2v) is 6.17. The summed E-state index contributed by atoms with van der Waals surface area (Å²) in [6.07, 6.45) is 0.199. The molecule has 0 unspecified atom stereocenters. The molecule has 2 rings (SSSR count). The highest BCUT2D eigenvalue weighted by molar-refractivity contribution is 6.36. The Hall–Kier alpha value is -1.79. The maximum atomic E-state index is 12.5. The Kier molecular flexibility index (Phi) is 5.49. The van der Waals surface area contributed by atoms with Gasteiger partial charge in [0.2, 0.25) is 11.8 Å². The lowest BCUT2D eigenvalue weighted by Crippen LogP contribution is -2.39. The van der Waals surface area contributed by atoms with Crippen LogP contribution in [0.3, 0.4) is 0 Å². The molecule has 8 heteroatoms. The topological polar surface area (TPSA) is 77.9 Å². The normalized spacial score (nSPS) is 17.4. The highest BCUT2D eigenvalue weighted by Gasteiger charge is 2.39. The molecule has 0 bridgehead atoms. The zero-order chi connectivity index (χ0) is 17.1. The first-order valence-electron chi connectivity index (χ1n) is 7.04. The maximum Gasteiger partial charge on any atom is 0.305 e. The van der Waals surface area contributed by atoms with Crippen molar-refractivity contribution in [2.75, 3.05) is 25.0 Å². The van der Waals surface area contributed by atoms with Crippen LogP contribution >= 0.6 is 23.2 Å². The van der Waals surface area contributed by atoms with Crippen molar-refractivity contribution < 1.29 is 19.5 Å². The lowest BCUT2D eigenvalue weighted by molar-refractivity contribution is -0.140. The number of carbonyl (C=O) groups is 3. The molecule has 1 heterocycles. The van der Waals surface area contributed by atoms with Crippen molar-refractivity contribution in [3.05, 3.63) is 28.2 Å². The summed E-state index contributed by atoms with van der Waals surface area (Å²) in [5.74, 6) is -2.53. The number of halogens is 2. The molecule has 1 aromatic rings. The third-order valence-electron chi connectivity index (χ3n) is 3.74. The van der Waals surface area contributed by atoms with Crippen molar-refractivity contribution >= 4 is 46.7 Å². The van der Waals surface area contributed by atoms with Crippen LogP contribution < -0.4 is 4.90 Å². The maximum absolute atomic E-state index is 12.5. The second kappa shape index (κ2) is 7.19. The first-order chi connectivity index (χ1) is 10.8. The third-order valence-corrected chi connectivity index (χ3v) is 4.29. The van der Waals surface area contributed by atoms with Gasteiger partial charge in [-0.15, -0.1) is 0 Å². The van der Waals surface area contributed by atoms with Crippen LogP contribution in [0.4, 0.5) is 5.69 Å². The molecule has 1 atom stereocenters. The molecule has 0 aliphatic carbocycles. The summed E-state index contributed by atoms with van der Waals surface area (Å²) in [4.78, 5) is 38.1. The predicted octanol–water partition coefficient (Wildman–Crippen LogP) is 2.28. The van der Waals surface area contributed by atoms with Crippen LogP contribution in [0.2, 0.25) is 10.0 Å². The van der Waals surface area contributed by atoms with E-state index in [1.165, 1.54) is 16.8 Å². The van der Waals surface area contributed by atoms with E-state index in [0.717, 1.165) is 0 Å². The summed E-state index contributed by atoms with van der Waals surface area (Å²) in [5.41, 5.74) is 0.479. The Morgan fingerprint density at radius 2 is 2.09 bits per heavy atom. The van der Waals surface area contributed by atoms with E-state index >= 15 is 0 Å². The van der Waals surface area contributed by atoms with Crippen LogP contribution in [0.1, 0.15) is 12.8 Å². The summed E-state index contributed by atoms with van der Waals surface area (Å²) in [6, 6.07) is 4.81. The minimum atomic E-state index is -0.991. The molecule has 124 valence electrons. The van der Waals surface area contributed by atoms with Crippen molar-refractivity contribution in [1.29, 1.82) is 0 Å². The fraction of sp³-hybridized carbons (Fsp3) is 0.400. The van der Waals surface area contributed by atoms with Crippen LogP contribution in [0.15, 0.2) is 18.2 Å². The number of carboxylic acids is 1. The lowest BCUT2D eigenvalue weighted by atomic mass is 10.1. The molecule has 1 N–H and O–H groups in total. The average Bonchev–Trinajstić information content (AvgIpc) is 2.88. The molecule has 0 aromatic heterocycles. The molecule has 1 aromatic carbocycles. The molecule has 1 fully saturated rings. The molecule has 2 amide bonds. The Bertz CT molecular complexity index is 650. The van der Waals surface area contributed by atoms with Gasteiger partial charge in [0.1, 0.15) is 5.92 Å². The SMILES string of the molecule is CN(CCC(=O)O)C(=O)[C@H]1CCN(c2cc(Cl)ccc2Cl)C1=O. The molecule has 23 heavy (non-hydrogen) atoms. The van der Waals surface area contributed by atoms with Gasteiger partial charge in [-0.3, -0.25) is 14.4 Å². The van der Waals surface area contributed by atoms with Crippen molar-refractivity contribution in [3.8, 4) is 0 Å². The van der Waals surface area contributed by atoms with Gasteiger partial charge < -0.3 is 14.9 Å². The van der Waals surface area contributed by atoms with Crippen LogP contribution in [0.25, 0.3) is 0 Å². The predicted molar refractivity (Wildman–Crippen MR) is 86.8 cm³/mol. The summed E-state index contributed by atoms with van der Waals surface area (Å²) in [6.45, 7) is 0.429. The van der Waals surface area contributed by atoms with Crippen molar-refractivity contribution in [1.82, 2.24) is 4.90 Å². The zero-order valence-corrected chi connectivity index (χ0v) is 14.0. The Balaban J connectivity index is 2.10. The minimum absolute atomic E-state index is 0.0653. The van der Waals surface area contributed by atoms with E-state index in [2.05, 4.69) is 0 Å². The van der Waals surface area contributed by atoms with Crippen LogP contribution in [-0.4, -0.2) is 47.9 Å². The molecule has 6 nitrogen and oxygen atoms in total.